The van der Waals surface area contributed by atoms with Gasteiger partial charge in [-0.05, 0) is 6.42 Å². The molecule has 4 heteroatoms. The number of rotatable bonds is 2. The fourth-order valence-electron chi connectivity index (χ4n) is 2.56. The van der Waals surface area contributed by atoms with E-state index in [-0.39, 0.29) is 12.4 Å². The summed E-state index contributed by atoms with van der Waals surface area (Å²) in [4.78, 5) is 0. The minimum atomic E-state index is 0. The van der Waals surface area contributed by atoms with Crippen LogP contribution >= 0.6 is 0 Å². The lowest BCUT2D eigenvalue weighted by atomic mass is 10.2. The summed E-state index contributed by atoms with van der Waals surface area (Å²) in [6.45, 7) is 1.51. The summed E-state index contributed by atoms with van der Waals surface area (Å²) in [5.74, 6) is 1.28. The van der Waals surface area contributed by atoms with Crippen molar-refractivity contribution in [2.75, 3.05) is 0 Å². The predicted octanol–water partition coefficient (Wildman–Crippen LogP) is -1.08. The van der Waals surface area contributed by atoms with Gasteiger partial charge in [0.2, 0.25) is 0 Å². The van der Waals surface area contributed by atoms with E-state index in [1.54, 1.807) is 0 Å². The second kappa shape index (κ2) is 5.24. The van der Waals surface area contributed by atoms with Crippen molar-refractivity contribution < 1.29 is 17.0 Å². The molecule has 0 atom stereocenters. The van der Waals surface area contributed by atoms with E-state index in [0.717, 1.165) is 13.0 Å². The first-order chi connectivity index (χ1) is 8.40. The van der Waals surface area contributed by atoms with Gasteiger partial charge in [0, 0.05) is 5.56 Å². The van der Waals surface area contributed by atoms with Crippen LogP contribution in [0.4, 0.5) is 0 Å². The molecule has 0 bridgehead atoms. The zero-order valence-electron chi connectivity index (χ0n) is 10.0. The smallest absolute Gasteiger partial charge is 0.257 e. The predicted molar refractivity (Wildman–Crippen MR) is 64.0 cm³/mol. The number of halogens is 1. The van der Waals surface area contributed by atoms with Gasteiger partial charge >= 0.3 is 0 Å². The van der Waals surface area contributed by atoms with E-state index in [1.807, 2.05) is 6.07 Å². The molecule has 3 nitrogen and oxygen atoms in total. The van der Waals surface area contributed by atoms with Gasteiger partial charge in [-0.2, -0.15) is 5.26 Å². The number of aromatic nitrogens is 2. The molecule has 0 amide bonds. The molecule has 1 aliphatic rings. The number of imidazole rings is 1. The van der Waals surface area contributed by atoms with Gasteiger partial charge in [0.05, 0.1) is 13.0 Å². The van der Waals surface area contributed by atoms with Gasteiger partial charge < -0.3 is 12.4 Å². The minimum Gasteiger partial charge on any atom is -1.00 e. The van der Waals surface area contributed by atoms with Crippen LogP contribution in [-0.4, -0.2) is 4.57 Å². The van der Waals surface area contributed by atoms with Crippen LogP contribution in [0.25, 0.3) is 11.3 Å². The summed E-state index contributed by atoms with van der Waals surface area (Å²) < 4.78 is 4.42. The Balaban J connectivity index is 0.00000120. The molecule has 18 heavy (non-hydrogen) atoms. The van der Waals surface area contributed by atoms with Crippen molar-refractivity contribution in [1.29, 1.82) is 5.26 Å². The molecule has 0 saturated heterocycles. The van der Waals surface area contributed by atoms with Gasteiger partial charge in [-0.1, -0.05) is 30.3 Å². The van der Waals surface area contributed by atoms with Crippen LogP contribution < -0.4 is 17.0 Å². The zero-order valence-corrected chi connectivity index (χ0v) is 10.8. The largest absolute Gasteiger partial charge is 1.00 e. The summed E-state index contributed by atoms with van der Waals surface area (Å²) in [5, 5.41) is 8.85. The molecule has 1 aliphatic heterocycles. The Morgan fingerprint density at radius 3 is 2.78 bits per heavy atom. The second-order valence-electron chi connectivity index (χ2n) is 4.34. The lowest BCUT2D eigenvalue weighted by Crippen LogP contribution is -3.00. The summed E-state index contributed by atoms with van der Waals surface area (Å²) >= 11 is 0. The molecule has 2 heterocycles. The van der Waals surface area contributed by atoms with Crippen LogP contribution in [0, 0.1) is 11.3 Å². The SMILES string of the molecule is N#CC[n+]1cc(-c2ccccc2)n2c1CCC2.[Cl-]. The standard InChI is InChI=1S/C14H14N3.ClH/c15-8-10-16-11-13(12-5-2-1-3-6-12)17-9-4-7-14(16)17;/h1-3,5-6,11H,4,7,9-10H2;1H/q+1;/p-1. The monoisotopic (exact) mass is 259 g/mol. The third-order valence-corrected chi connectivity index (χ3v) is 3.30. The molecule has 0 N–H and O–H groups in total. The number of hydrogen-bond donors (Lipinski definition) is 0. The Kier molecular flexibility index (Phi) is 3.69. The van der Waals surface area contributed by atoms with Crippen LogP contribution in [0.3, 0.4) is 0 Å². The molecule has 0 aliphatic carbocycles. The van der Waals surface area contributed by atoms with E-state index in [2.05, 4.69) is 45.7 Å². The Morgan fingerprint density at radius 2 is 2.06 bits per heavy atom. The Hall–Kier alpha value is -1.79. The quantitative estimate of drug-likeness (QED) is 0.632. The molecule has 2 aromatic rings. The summed E-state index contributed by atoms with van der Waals surface area (Å²) in [5.41, 5.74) is 2.46. The zero-order chi connectivity index (χ0) is 11.7. The number of nitrogens with zero attached hydrogens (tertiary/aromatic N) is 3. The molecule has 0 spiro atoms. The molecule has 92 valence electrons. The molecular formula is C14H14ClN3. The maximum absolute atomic E-state index is 8.85. The fraction of sp³-hybridized carbons (Fsp3) is 0.286. The molecule has 1 aromatic carbocycles. The number of fused-ring (bicyclic) bond motifs is 1. The number of hydrogen-bond acceptors (Lipinski definition) is 1. The van der Waals surface area contributed by atoms with Gasteiger partial charge in [0.1, 0.15) is 12.3 Å². The summed E-state index contributed by atoms with van der Waals surface area (Å²) in [6.07, 6.45) is 4.36. The first kappa shape index (κ1) is 12.7. The van der Waals surface area contributed by atoms with Gasteiger partial charge in [-0.25, -0.2) is 9.13 Å². The van der Waals surface area contributed by atoms with Crippen molar-refractivity contribution in [1.82, 2.24) is 4.57 Å². The van der Waals surface area contributed by atoms with Crippen molar-refractivity contribution in [3.63, 3.8) is 0 Å². The molecule has 0 unspecified atom stereocenters. The van der Waals surface area contributed by atoms with Crippen LogP contribution in [0.1, 0.15) is 12.2 Å². The van der Waals surface area contributed by atoms with Crippen LogP contribution in [0.2, 0.25) is 0 Å². The molecule has 1 aromatic heterocycles. The molecular weight excluding hydrogens is 246 g/mol. The number of nitriles is 1. The Morgan fingerprint density at radius 1 is 1.28 bits per heavy atom. The van der Waals surface area contributed by atoms with Gasteiger partial charge in [-0.3, -0.25) is 0 Å². The van der Waals surface area contributed by atoms with E-state index in [0.29, 0.717) is 6.54 Å². The first-order valence-electron chi connectivity index (χ1n) is 5.94. The number of benzene rings is 1. The van der Waals surface area contributed by atoms with Crippen LogP contribution in [-0.2, 0) is 19.5 Å². The van der Waals surface area contributed by atoms with Gasteiger partial charge in [-0.15, -0.1) is 0 Å². The molecule has 0 fully saturated rings. The highest BCUT2D eigenvalue weighted by Crippen LogP contribution is 2.24. The van der Waals surface area contributed by atoms with E-state index >= 15 is 0 Å². The highest BCUT2D eigenvalue weighted by atomic mass is 35.5. The Bertz CT molecular complexity index is 581. The maximum Gasteiger partial charge on any atom is 0.257 e. The van der Waals surface area contributed by atoms with E-state index in [1.165, 1.54) is 23.5 Å². The van der Waals surface area contributed by atoms with Crippen molar-refractivity contribution >= 4 is 0 Å². The van der Waals surface area contributed by atoms with Crippen molar-refractivity contribution in [2.24, 2.45) is 0 Å². The van der Waals surface area contributed by atoms with Crippen molar-refractivity contribution in [3.8, 4) is 17.3 Å². The van der Waals surface area contributed by atoms with E-state index in [9.17, 15) is 0 Å². The van der Waals surface area contributed by atoms with Crippen molar-refractivity contribution in [3.05, 3.63) is 42.4 Å². The molecule has 0 radical (unpaired) electrons. The van der Waals surface area contributed by atoms with E-state index in [4.69, 9.17) is 5.26 Å². The van der Waals surface area contributed by atoms with E-state index < -0.39 is 0 Å². The Labute approximate surface area is 113 Å². The average molecular weight is 260 g/mol. The van der Waals surface area contributed by atoms with Crippen LogP contribution in [0.15, 0.2) is 36.5 Å². The second-order valence-corrected chi connectivity index (χ2v) is 4.34. The van der Waals surface area contributed by atoms with Gasteiger partial charge in [0.15, 0.2) is 12.2 Å². The lowest BCUT2D eigenvalue weighted by molar-refractivity contribution is -0.691. The maximum atomic E-state index is 8.85. The summed E-state index contributed by atoms with van der Waals surface area (Å²) in [7, 11) is 0. The first-order valence-corrected chi connectivity index (χ1v) is 5.94. The third-order valence-electron chi connectivity index (χ3n) is 3.30. The average Bonchev–Trinajstić information content (AvgIpc) is 2.94. The lowest BCUT2D eigenvalue weighted by Gasteiger charge is -1.97. The van der Waals surface area contributed by atoms with Gasteiger partial charge in [0.25, 0.3) is 5.82 Å². The highest BCUT2D eigenvalue weighted by Gasteiger charge is 2.28. The minimum absolute atomic E-state index is 0. The normalized spacial score (nSPS) is 12.6. The third kappa shape index (κ3) is 2.00. The summed E-state index contributed by atoms with van der Waals surface area (Å²) in [6, 6.07) is 12.6. The molecule has 0 saturated carbocycles. The highest BCUT2D eigenvalue weighted by molar-refractivity contribution is 5.58. The topological polar surface area (TPSA) is 32.6 Å². The van der Waals surface area contributed by atoms with Crippen molar-refractivity contribution in [2.45, 2.75) is 25.9 Å². The molecule has 3 rings (SSSR count). The van der Waals surface area contributed by atoms with Crippen LogP contribution in [0.5, 0.6) is 0 Å². The fourth-order valence-corrected chi connectivity index (χ4v) is 2.56.